The zero-order valence-electron chi connectivity index (χ0n) is 9.17. The number of rotatable bonds is 4. The summed E-state index contributed by atoms with van der Waals surface area (Å²) in [5.41, 5.74) is 6.29. The fourth-order valence-electron chi connectivity index (χ4n) is 1.68. The molecule has 3 heteroatoms. The van der Waals surface area contributed by atoms with E-state index in [1.165, 1.54) is 11.1 Å². The van der Waals surface area contributed by atoms with Crippen molar-refractivity contribution in [3.63, 3.8) is 0 Å². The highest BCUT2D eigenvalue weighted by Gasteiger charge is 2.12. The van der Waals surface area contributed by atoms with E-state index in [2.05, 4.69) is 37.2 Å². The summed E-state index contributed by atoms with van der Waals surface area (Å²) < 4.78 is 0. The molecule has 0 aliphatic carbocycles. The normalized spacial score (nSPS) is 12.9. The minimum absolute atomic E-state index is 0.181. The van der Waals surface area contributed by atoms with Crippen LogP contribution < -0.4 is 11.3 Å². The summed E-state index contributed by atoms with van der Waals surface area (Å²) in [7, 11) is 0. The summed E-state index contributed by atoms with van der Waals surface area (Å²) in [5, 5.41) is 0. The van der Waals surface area contributed by atoms with Crippen molar-refractivity contribution in [1.82, 2.24) is 10.4 Å². The van der Waals surface area contributed by atoms with E-state index in [1.807, 2.05) is 6.20 Å². The molecular formula is C11H19N3. The largest absolute Gasteiger partial charge is 0.271 e. The third-order valence-corrected chi connectivity index (χ3v) is 2.36. The molecule has 78 valence electrons. The van der Waals surface area contributed by atoms with Crippen LogP contribution in [0.2, 0.25) is 0 Å². The van der Waals surface area contributed by atoms with Gasteiger partial charge in [-0.2, -0.15) is 0 Å². The SMILES string of the molecule is CCCC(NN)c1ncc(C)cc1C. The van der Waals surface area contributed by atoms with Gasteiger partial charge in [0.05, 0.1) is 11.7 Å². The Morgan fingerprint density at radius 1 is 1.50 bits per heavy atom. The smallest absolute Gasteiger partial charge is 0.0634 e. The monoisotopic (exact) mass is 193 g/mol. The molecule has 3 N–H and O–H groups in total. The molecule has 0 saturated carbocycles. The first kappa shape index (κ1) is 11.1. The fourth-order valence-corrected chi connectivity index (χ4v) is 1.68. The quantitative estimate of drug-likeness (QED) is 0.568. The van der Waals surface area contributed by atoms with Crippen LogP contribution in [0.3, 0.4) is 0 Å². The predicted octanol–water partition coefficient (Wildman–Crippen LogP) is 2.00. The molecule has 1 atom stereocenters. The van der Waals surface area contributed by atoms with Gasteiger partial charge >= 0.3 is 0 Å². The second kappa shape index (κ2) is 5.08. The van der Waals surface area contributed by atoms with Crippen molar-refractivity contribution in [1.29, 1.82) is 0 Å². The number of aromatic nitrogens is 1. The standard InChI is InChI=1S/C11H19N3/c1-4-5-10(14-12)11-9(3)6-8(2)7-13-11/h6-7,10,14H,4-5,12H2,1-3H3. The number of pyridine rings is 1. The zero-order chi connectivity index (χ0) is 10.6. The van der Waals surface area contributed by atoms with E-state index >= 15 is 0 Å². The van der Waals surface area contributed by atoms with Crippen LogP contribution in [-0.2, 0) is 0 Å². The summed E-state index contributed by atoms with van der Waals surface area (Å²) in [6.45, 7) is 6.28. The molecule has 0 aromatic carbocycles. The third-order valence-electron chi connectivity index (χ3n) is 2.36. The first-order valence-electron chi connectivity index (χ1n) is 5.08. The third kappa shape index (κ3) is 2.53. The zero-order valence-corrected chi connectivity index (χ0v) is 9.17. The van der Waals surface area contributed by atoms with Gasteiger partial charge in [0, 0.05) is 6.20 Å². The Balaban J connectivity index is 2.92. The molecule has 1 rings (SSSR count). The lowest BCUT2D eigenvalue weighted by atomic mass is 10.0. The molecule has 1 heterocycles. The Labute approximate surface area is 85.7 Å². The number of nitrogens with one attached hydrogen (secondary N) is 1. The molecule has 1 aromatic heterocycles. The minimum atomic E-state index is 0.181. The van der Waals surface area contributed by atoms with Gasteiger partial charge in [0.2, 0.25) is 0 Å². The first-order valence-corrected chi connectivity index (χ1v) is 5.08. The Morgan fingerprint density at radius 2 is 2.21 bits per heavy atom. The van der Waals surface area contributed by atoms with Crippen molar-refractivity contribution < 1.29 is 0 Å². The van der Waals surface area contributed by atoms with E-state index < -0.39 is 0 Å². The van der Waals surface area contributed by atoms with Gasteiger partial charge in [0.15, 0.2) is 0 Å². The van der Waals surface area contributed by atoms with Crippen LogP contribution in [0.1, 0.15) is 42.6 Å². The number of nitrogens with two attached hydrogens (primary N) is 1. The lowest BCUT2D eigenvalue weighted by Gasteiger charge is -2.16. The molecule has 0 saturated heterocycles. The maximum absolute atomic E-state index is 5.51. The van der Waals surface area contributed by atoms with Crippen LogP contribution in [0.25, 0.3) is 0 Å². The summed E-state index contributed by atoms with van der Waals surface area (Å²) in [6, 6.07) is 2.32. The predicted molar refractivity (Wildman–Crippen MR) is 58.7 cm³/mol. The topological polar surface area (TPSA) is 50.9 Å². The molecule has 0 aliphatic rings. The molecule has 0 spiro atoms. The fraction of sp³-hybridized carbons (Fsp3) is 0.545. The molecule has 14 heavy (non-hydrogen) atoms. The van der Waals surface area contributed by atoms with E-state index in [1.54, 1.807) is 0 Å². The van der Waals surface area contributed by atoms with Crippen molar-refractivity contribution in [3.8, 4) is 0 Å². The van der Waals surface area contributed by atoms with Crippen LogP contribution in [0.4, 0.5) is 0 Å². The van der Waals surface area contributed by atoms with Gasteiger partial charge in [-0.3, -0.25) is 16.3 Å². The van der Waals surface area contributed by atoms with Gasteiger partial charge in [-0.1, -0.05) is 19.4 Å². The number of nitrogens with zero attached hydrogens (tertiary/aromatic N) is 1. The Kier molecular flexibility index (Phi) is 4.04. The van der Waals surface area contributed by atoms with E-state index in [0.717, 1.165) is 18.5 Å². The average Bonchev–Trinajstić information content (AvgIpc) is 2.15. The summed E-state index contributed by atoms with van der Waals surface area (Å²) in [4.78, 5) is 4.43. The van der Waals surface area contributed by atoms with Crippen LogP contribution in [-0.4, -0.2) is 4.98 Å². The van der Waals surface area contributed by atoms with Crippen molar-refractivity contribution in [2.75, 3.05) is 0 Å². The maximum atomic E-state index is 5.51. The van der Waals surface area contributed by atoms with Crippen LogP contribution in [0, 0.1) is 13.8 Å². The molecule has 0 aliphatic heterocycles. The van der Waals surface area contributed by atoms with Crippen LogP contribution in [0.15, 0.2) is 12.3 Å². The Hall–Kier alpha value is -0.930. The van der Waals surface area contributed by atoms with Gasteiger partial charge in [-0.15, -0.1) is 0 Å². The second-order valence-corrected chi connectivity index (χ2v) is 3.72. The van der Waals surface area contributed by atoms with Gasteiger partial charge in [-0.25, -0.2) is 0 Å². The summed E-state index contributed by atoms with van der Waals surface area (Å²) in [6.07, 6.45) is 4.01. The molecule has 0 fully saturated rings. The highest BCUT2D eigenvalue weighted by molar-refractivity contribution is 5.25. The van der Waals surface area contributed by atoms with Gasteiger partial charge in [0.25, 0.3) is 0 Å². The molecule has 0 radical (unpaired) electrons. The highest BCUT2D eigenvalue weighted by Crippen LogP contribution is 2.19. The van der Waals surface area contributed by atoms with E-state index in [9.17, 15) is 0 Å². The van der Waals surface area contributed by atoms with Gasteiger partial charge in [0.1, 0.15) is 0 Å². The van der Waals surface area contributed by atoms with E-state index in [0.29, 0.717) is 0 Å². The molecule has 1 unspecified atom stereocenters. The average molecular weight is 193 g/mol. The lowest BCUT2D eigenvalue weighted by Crippen LogP contribution is -2.29. The van der Waals surface area contributed by atoms with Gasteiger partial charge in [-0.05, 0) is 31.4 Å². The second-order valence-electron chi connectivity index (χ2n) is 3.72. The van der Waals surface area contributed by atoms with Crippen molar-refractivity contribution in [2.24, 2.45) is 5.84 Å². The van der Waals surface area contributed by atoms with Crippen LogP contribution in [0.5, 0.6) is 0 Å². The van der Waals surface area contributed by atoms with Crippen molar-refractivity contribution in [2.45, 2.75) is 39.7 Å². The Bertz CT molecular complexity index is 297. The van der Waals surface area contributed by atoms with Crippen LogP contribution >= 0.6 is 0 Å². The molecule has 3 nitrogen and oxygen atoms in total. The number of aryl methyl sites for hydroxylation is 2. The lowest BCUT2D eigenvalue weighted by molar-refractivity contribution is 0.496. The minimum Gasteiger partial charge on any atom is -0.271 e. The van der Waals surface area contributed by atoms with Crippen molar-refractivity contribution in [3.05, 3.63) is 29.1 Å². The number of hydrogen-bond acceptors (Lipinski definition) is 3. The first-order chi connectivity index (χ1) is 6.69. The molecular weight excluding hydrogens is 174 g/mol. The Morgan fingerprint density at radius 3 is 2.71 bits per heavy atom. The summed E-state index contributed by atoms with van der Waals surface area (Å²) in [5.74, 6) is 5.51. The van der Waals surface area contributed by atoms with Crippen molar-refractivity contribution >= 4 is 0 Å². The molecule has 1 aromatic rings. The number of hydrogen-bond donors (Lipinski definition) is 2. The van der Waals surface area contributed by atoms with E-state index in [-0.39, 0.29) is 6.04 Å². The maximum Gasteiger partial charge on any atom is 0.0634 e. The highest BCUT2D eigenvalue weighted by atomic mass is 15.2. The number of hydrazine groups is 1. The summed E-state index contributed by atoms with van der Waals surface area (Å²) >= 11 is 0. The van der Waals surface area contributed by atoms with Gasteiger partial charge < -0.3 is 0 Å². The van der Waals surface area contributed by atoms with E-state index in [4.69, 9.17) is 5.84 Å². The molecule has 0 bridgehead atoms. The molecule has 0 amide bonds.